The van der Waals surface area contributed by atoms with Crippen molar-refractivity contribution in [2.45, 2.75) is 12.8 Å². The van der Waals surface area contributed by atoms with E-state index in [1.165, 1.54) is 4.90 Å². The molecule has 2 aromatic carbocycles. The molecule has 0 aromatic heterocycles. The summed E-state index contributed by atoms with van der Waals surface area (Å²) in [4.78, 5) is 25.1. The van der Waals surface area contributed by atoms with Crippen molar-refractivity contribution in [1.82, 2.24) is 4.90 Å². The molecule has 132 valence electrons. The molecule has 2 aromatic rings. The minimum absolute atomic E-state index is 0.0440. The first-order valence-electron chi connectivity index (χ1n) is 8.02. The van der Waals surface area contributed by atoms with Crippen LogP contribution >= 0.6 is 0 Å². The summed E-state index contributed by atoms with van der Waals surface area (Å²) in [5.41, 5.74) is 8.15. The number of rotatable bonds is 7. The van der Waals surface area contributed by atoms with Crippen LogP contribution in [0.25, 0.3) is 0 Å². The zero-order valence-corrected chi connectivity index (χ0v) is 14.5. The van der Waals surface area contributed by atoms with Gasteiger partial charge >= 0.3 is 0 Å². The van der Waals surface area contributed by atoms with Crippen LogP contribution in [-0.2, 0) is 16.0 Å². The molecule has 0 aliphatic rings. The summed E-state index contributed by atoms with van der Waals surface area (Å²) in [6.45, 7) is -0.0440. The number of nitrogens with one attached hydrogen (secondary N) is 1. The minimum atomic E-state index is -0.130. The summed E-state index contributed by atoms with van der Waals surface area (Å²) in [6, 6.07) is 14.5. The highest BCUT2D eigenvalue weighted by Gasteiger charge is 2.08. The molecule has 0 unspecified atom stereocenters. The summed E-state index contributed by atoms with van der Waals surface area (Å²) in [5, 5.41) is 2.83. The molecule has 6 nitrogen and oxygen atoms in total. The monoisotopic (exact) mass is 341 g/mol. The van der Waals surface area contributed by atoms with Gasteiger partial charge in [0.1, 0.15) is 5.75 Å². The van der Waals surface area contributed by atoms with Gasteiger partial charge in [0, 0.05) is 38.0 Å². The number of para-hydroxylation sites is 1. The second kappa shape index (κ2) is 8.73. The molecule has 0 saturated carbocycles. The van der Waals surface area contributed by atoms with Gasteiger partial charge in [-0.3, -0.25) is 9.59 Å². The Morgan fingerprint density at radius 1 is 1.12 bits per heavy atom. The maximum absolute atomic E-state index is 12.1. The molecule has 0 atom stereocenters. The molecule has 0 heterocycles. The maximum atomic E-state index is 12.1. The van der Waals surface area contributed by atoms with Crippen molar-refractivity contribution in [1.29, 1.82) is 0 Å². The number of ether oxygens (including phenoxy) is 1. The summed E-state index contributed by atoms with van der Waals surface area (Å²) in [7, 11) is 3.34. The summed E-state index contributed by atoms with van der Waals surface area (Å²) in [6.07, 6.45) is 0.907. The molecule has 25 heavy (non-hydrogen) atoms. The topological polar surface area (TPSA) is 84.7 Å². The number of carbonyl (C=O) groups is 2. The highest BCUT2D eigenvalue weighted by atomic mass is 16.5. The number of aryl methyl sites for hydroxylation is 1. The number of nitrogen functional groups attached to an aromatic ring is 1. The first-order chi connectivity index (χ1) is 12.0. The van der Waals surface area contributed by atoms with E-state index in [0.29, 0.717) is 30.0 Å². The van der Waals surface area contributed by atoms with Crippen LogP contribution in [0.3, 0.4) is 0 Å². The van der Waals surface area contributed by atoms with E-state index in [4.69, 9.17) is 10.5 Å². The van der Waals surface area contributed by atoms with Crippen molar-refractivity contribution in [3.05, 3.63) is 54.1 Å². The van der Waals surface area contributed by atoms with Crippen LogP contribution < -0.4 is 15.8 Å². The molecule has 2 rings (SSSR count). The van der Waals surface area contributed by atoms with Gasteiger partial charge in [0.25, 0.3) is 5.91 Å². The molecule has 0 spiro atoms. The second-order valence-corrected chi connectivity index (χ2v) is 5.85. The van der Waals surface area contributed by atoms with Crippen LogP contribution in [0.2, 0.25) is 0 Å². The molecule has 0 radical (unpaired) electrons. The highest BCUT2D eigenvalue weighted by molar-refractivity contribution is 5.91. The lowest BCUT2D eigenvalue weighted by molar-refractivity contribution is -0.130. The lowest BCUT2D eigenvalue weighted by atomic mass is 10.1. The molecule has 0 saturated heterocycles. The third-order valence-corrected chi connectivity index (χ3v) is 3.66. The number of benzene rings is 2. The number of anilines is 2. The molecule has 0 fully saturated rings. The molecule has 0 aliphatic carbocycles. The lowest BCUT2D eigenvalue weighted by Crippen LogP contribution is -2.27. The van der Waals surface area contributed by atoms with E-state index >= 15 is 0 Å². The van der Waals surface area contributed by atoms with E-state index in [9.17, 15) is 9.59 Å². The Morgan fingerprint density at radius 3 is 2.60 bits per heavy atom. The first-order valence-corrected chi connectivity index (χ1v) is 8.02. The SMILES string of the molecule is CN(C)C(=O)COc1cccc(NC(=O)CCc2ccccc2N)c1. The van der Waals surface area contributed by atoms with Crippen LogP contribution in [0.15, 0.2) is 48.5 Å². The molecular formula is C19H23N3O3. The second-order valence-electron chi connectivity index (χ2n) is 5.85. The summed E-state index contributed by atoms with van der Waals surface area (Å²) >= 11 is 0. The smallest absolute Gasteiger partial charge is 0.259 e. The van der Waals surface area contributed by atoms with Gasteiger partial charge in [-0.2, -0.15) is 0 Å². The average molecular weight is 341 g/mol. The normalized spacial score (nSPS) is 10.2. The van der Waals surface area contributed by atoms with E-state index in [1.54, 1.807) is 38.4 Å². The minimum Gasteiger partial charge on any atom is -0.484 e. The number of carbonyl (C=O) groups excluding carboxylic acids is 2. The molecule has 6 heteroatoms. The van der Waals surface area contributed by atoms with E-state index in [2.05, 4.69) is 5.32 Å². The van der Waals surface area contributed by atoms with Gasteiger partial charge < -0.3 is 20.7 Å². The number of likely N-dealkylation sites (N-methyl/N-ethyl adjacent to an activating group) is 1. The standard InChI is InChI=1S/C19H23N3O3/c1-22(2)19(24)13-25-16-8-5-7-15(12-16)21-18(23)11-10-14-6-3-4-9-17(14)20/h3-9,12H,10-11,13,20H2,1-2H3,(H,21,23). The summed E-state index contributed by atoms with van der Waals surface area (Å²) in [5.74, 6) is 0.292. The predicted octanol–water partition coefficient (Wildman–Crippen LogP) is 2.31. The summed E-state index contributed by atoms with van der Waals surface area (Å²) < 4.78 is 5.44. The van der Waals surface area contributed by atoms with Gasteiger partial charge in [0.05, 0.1) is 0 Å². The van der Waals surface area contributed by atoms with Crippen molar-refractivity contribution >= 4 is 23.2 Å². The fourth-order valence-corrected chi connectivity index (χ4v) is 2.17. The number of nitrogens with zero attached hydrogens (tertiary/aromatic N) is 1. The van der Waals surface area contributed by atoms with E-state index < -0.39 is 0 Å². The molecule has 2 amide bonds. The molecule has 3 N–H and O–H groups in total. The van der Waals surface area contributed by atoms with Crippen LogP contribution in [0.1, 0.15) is 12.0 Å². The molecule has 0 bridgehead atoms. The van der Waals surface area contributed by atoms with Gasteiger partial charge in [0.15, 0.2) is 6.61 Å². The van der Waals surface area contributed by atoms with Crippen molar-refractivity contribution in [3.8, 4) is 5.75 Å². The van der Waals surface area contributed by atoms with E-state index in [1.807, 2.05) is 24.3 Å². The largest absolute Gasteiger partial charge is 0.484 e. The Morgan fingerprint density at radius 2 is 1.88 bits per heavy atom. The van der Waals surface area contributed by atoms with Gasteiger partial charge in [-0.05, 0) is 30.2 Å². The first kappa shape index (κ1) is 18.3. The van der Waals surface area contributed by atoms with E-state index in [0.717, 1.165) is 5.56 Å². The number of nitrogens with two attached hydrogens (primary N) is 1. The zero-order valence-electron chi connectivity index (χ0n) is 14.5. The Balaban J connectivity index is 1.87. The maximum Gasteiger partial charge on any atom is 0.259 e. The quantitative estimate of drug-likeness (QED) is 0.757. The van der Waals surface area contributed by atoms with Crippen molar-refractivity contribution in [2.24, 2.45) is 0 Å². The Hall–Kier alpha value is -3.02. The van der Waals surface area contributed by atoms with E-state index in [-0.39, 0.29) is 18.4 Å². The molecule has 0 aliphatic heterocycles. The number of hydrogen-bond acceptors (Lipinski definition) is 4. The third kappa shape index (κ3) is 5.84. The third-order valence-electron chi connectivity index (χ3n) is 3.66. The number of hydrogen-bond donors (Lipinski definition) is 2. The Kier molecular flexibility index (Phi) is 6.39. The average Bonchev–Trinajstić information content (AvgIpc) is 2.59. The van der Waals surface area contributed by atoms with Crippen molar-refractivity contribution in [3.63, 3.8) is 0 Å². The predicted molar refractivity (Wildman–Crippen MR) is 98.4 cm³/mol. The van der Waals surface area contributed by atoms with Crippen molar-refractivity contribution in [2.75, 3.05) is 31.8 Å². The zero-order chi connectivity index (χ0) is 18.2. The van der Waals surface area contributed by atoms with Crippen LogP contribution in [0.5, 0.6) is 5.75 Å². The number of amides is 2. The van der Waals surface area contributed by atoms with Crippen LogP contribution in [-0.4, -0.2) is 37.4 Å². The van der Waals surface area contributed by atoms with Crippen molar-refractivity contribution < 1.29 is 14.3 Å². The van der Waals surface area contributed by atoms with Crippen LogP contribution in [0, 0.1) is 0 Å². The Bertz CT molecular complexity index is 744. The Labute approximate surface area is 147 Å². The fraction of sp³-hybridized carbons (Fsp3) is 0.263. The van der Waals surface area contributed by atoms with Gasteiger partial charge in [-0.25, -0.2) is 0 Å². The molecular weight excluding hydrogens is 318 g/mol. The highest BCUT2D eigenvalue weighted by Crippen LogP contribution is 2.18. The lowest BCUT2D eigenvalue weighted by Gasteiger charge is -2.12. The van der Waals surface area contributed by atoms with Crippen LogP contribution in [0.4, 0.5) is 11.4 Å². The van der Waals surface area contributed by atoms with Gasteiger partial charge in [-0.15, -0.1) is 0 Å². The van der Waals surface area contributed by atoms with Gasteiger partial charge in [-0.1, -0.05) is 24.3 Å². The van der Waals surface area contributed by atoms with Gasteiger partial charge in [0.2, 0.25) is 5.91 Å². The fourth-order valence-electron chi connectivity index (χ4n) is 2.17.